The van der Waals surface area contributed by atoms with Crippen molar-refractivity contribution in [2.24, 2.45) is 5.92 Å². The lowest BCUT2D eigenvalue weighted by Gasteiger charge is -2.29. The van der Waals surface area contributed by atoms with Crippen LogP contribution in [0.4, 0.5) is 0 Å². The number of rotatable bonds is 7. The van der Waals surface area contributed by atoms with Crippen LogP contribution in [-0.2, 0) is 16.0 Å². The summed E-state index contributed by atoms with van der Waals surface area (Å²) < 4.78 is 11.2. The minimum Gasteiger partial charge on any atom is -0.493 e. The molecule has 2 rings (SSSR count). The van der Waals surface area contributed by atoms with E-state index in [-0.39, 0.29) is 18.1 Å². The Hall–Kier alpha value is -1.59. The zero-order valence-electron chi connectivity index (χ0n) is 14.3. The molecule has 1 saturated heterocycles. The van der Waals surface area contributed by atoms with Crippen LogP contribution >= 0.6 is 0 Å². The maximum absolute atomic E-state index is 12.1. The average Bonchev–Trinajstić information content (AvgIpc) is 2.54. The summed E-state index contributed by atoms with van der Waals surface area (Å²) in [5, 5.41) is 6.17. The van der Waals surface area contributed by atoms with Gasteiger partial charge in [0.1, 0.15) is 11.8 Å². The van der Waals surface area contributed by atoms with Crippen molar-refractivity contribution in [3.63, 3.8) is 0 Å². The Bertz CT molecular complexity index is 488. The van der Waals surface area contributed by atoms with Crippen molar-refractivity contribution in [1.29, 1.82) is 0 Å². The molecule has 1 aromatic carbocycles. The molecule has 5 heteroatoms. The normalized spacial score (nSPS) is 21.2. The molecule has 23 heavy (non-hydrogen) atoms. The Morgan fingerprint density at radius 1 is 1.39 bits per heavy atom. The van der Waals surface area contributed by atoms with Crippen LogP contribution < -0.4 is 15.4 Å². The third-order valence-corrected chi connectivity index (χ3v) is 3.82. The predicted octanol–water partition coefficient (Wildman–Crippen LogP) is 1.76. The minimum atomic E-state index is -0.254. The monoisotopic (exact) mass is 320 g/mol. The number of carbonyl (C=O) groups excluding carboxylic acids is 1. The van der Waals surface area contributed by atoms with Crippen molar-refractivity contribution in [1.82, 2.24) is 10.6 Å². The molecule has 0 spiro atoms. The molecule has 0 aliphatic carbocycles. The second-order valence-corrected chi connectivity index (χ2v) is 6.40. The number of amides is 1. The molecule has 1 aliphatic rings. The molecular weight excluding hydrogens is 292 g/mol. The molecule has 5 nitrogen and oxygen atoms in total. The van der Waals surface area contributed by atoms with Crippen molar-refractivity contribution >= 4 is 5.91 Å². The van der Waals surface area contributed by atoms with Crippen molar-refractivity contribution in [2.75, 3.05) is 26.3 Å². The molecule has 0 aromatic heterocycles. The van der Waals surface area contributed by atoms with Crippen LogP contribution in [0.2, 0.25) is 0 Å². The van der Waals surface area contributed by atoms with Gasteiger partial charge in [-0.1, -0.05) is 26.0 Å². The first kappa shape index (κ1) is 17.8. The smallest absolute Gasteiger partial charge is 0.239 e. The van der Waals surface area contributed by atoms with Gasteiger partial charge in [0.15, 0.2) is 0 Å². The molecule has 128 valence electrons. The summed E-state index contributed by atoms with van der Waals surface area (Å²) in [5.41, 5.74) is 1.18. The Morgan fingerprint density at radius 2 is 2.13 bits per heavy atom. The highest BCUT2D eigenvalue weighted by Crippen LogP contribution is 2.13. The lowest BCUT2D eigenvalue weighted by Crippen LogP contribution is -2.55. The van der Waals surface area contributed by atoms with Gasteiger partial charge in [0.25, 0.3) is 0 Å². The summed E-state index contributed by atoms with van der Waals surface area (Å²) >= 11 is 0. The van der Waals surface area contributed by atoms with E-state index in [1.54, 1.807) is 0 Å². The van der Waals surface area contributed by atoms with Crippen LogP contribution in [0.1, 0.15) is 26.3 Å². The fraction of sp³-hybridized carbons (Fsp3) is 0.611. The van der Waals surface area contributed by atoms with Gasteiger partial charge in [-0.25, -0.2) is 0 Å². The number of ether oxygens (including phenoxy) is 2. The molecule has 2 N–H and O–H groups in total. The molecule has 0 unspecified atom stereocenters. The summed E-state index contributed by atoms with van der Waals surface area (Å²) in [6, 6.07) is 7.81. The van der Waals surface area contributed by atoms with Gasteiger partial charge in [-0.2, -0.15) is 0 Å². The van der Waals surface area contributed by atoms with Gasteiger partial charge in [0.2, 0.25) is 5.91 Å². The lowest BCUT2D eigenvalue weighted by molar-refractivity contribution is -0.128. The highest BCUT2D eigenvalue weighted by Gasteiger charge is 2.27. The van der Waals surface area contributed by atoms with Crippen LogP contribution in [0, 0.1) is 5.92 Å². The second kappa shape index (κ2) is 8.89. The van der Waals surface area contributed by atoms with E-state index >= 15 is 0 Å². The highest BCUT2D eigenvalue weighted by molar-refractivity contribution is 5.82. The van der Waals surface area contributed by atoms with Crippen LogP contribution in [0.3, 0.4) is 0 Å². The Kier molecular flexibility index (Phi) is 6.86. The summed E-state index contributed by atoms with van der Waals surface area (Å²) in [4.78, 5) is 12.1. The summed E-state index contributed by atoms with van der Waals surface area (Å²) in [7, 11) is 0. The lowest BCUT2D eigenvalue weighted by atomic mass is 10.1. The third-order valence-electron chi connectivity index (χ3n) is 3.82. The van der Waals surface area contributed by atoms with Crippen LogP contribution in [0.5, 0.6) is 5.75 Å². The van der Waals surface area contributed by atoms with Crippen LogP contribution in [0.15, 0.2) is 24.3 Å². The van der Waals surface area contributed by atoms with E-state index in [0.717, 1.165) is 25.3 Å². The zero-order valence-corrected chi connectivity index (χ0v) is 14.3. The topological polar surface area (TPSA) is 59.6 Å². The minimum absolute atomic E-state index is 0.00841. The van der Waals surface area contributed by atoms with Crippen molar-refractivity contribution in [2.45, 2.75) is 39.3 Å². The molecule has 0 bridgehead atoms. The van der Waals surface area contributed by atoms with Gasteiger partial charge in [-0.15, -0.1) is 0 Å². The second-order valence-electron chi connectivity index (χ2n) is 6.40. The SMILES string of the molecule is CC(C)COc1ccc(CCNC(=O)[C@H]2NCCO[C@@H]2C)cc1. The van der Waals surface area contributed by atoms with E-state index in [4.69, 9.17) is 9.47 Å². The number of carbonyl (C=O) groups is 1. The number of hydrogen-bond donors (Lipinski definition) is 2. The first-order valence-electron chi connectivity index (χ1n) is 8.40. The number of benzene rings is 1. The van der Waals surface area contributed by atoms with Gasteiger partial charge in [-0.05, 0) is 37.0 Å². The van der Waals surface area contributed by atoms with Gasteiger partial charge >= 0.3 is 0 Å². The molecule has 1 amide bonds. The first-order valence-corrected chi connectivity index (χ1v) is 8.40. The van der Waals surface area contributed by atoms with Gasteiger partial charge in [0, 0.05) is 13.1 Å². The van der Waals surface area contributed by atoms with E-state index < -0.39 is 0 Å². The van der Waals surface area contributed by atoms with E-state index in [1.807, 2.05) is 31.2 Å². The fourth-order valence-electron chi connectivity index (χ4n) is 2.48. The van der Waals surface area contributed by atoms with Crippen LogP contribution in [-0.4, -0.2) is 44.4 Å². The maximum atomic E-state index is 12.1. The quantitative estimate of drug-likeness (QED) is 0.804. The molecule has 1 fully saturated rings. The number of hydrogen-bond acceptors (Lipinski definition) is 4. The fourth-order valence-corrected chi connectivity index (χ4v) is 2.48. The molecule has 1 aromatic rings. The molecule has 1 aliphatic heterocycles. The van der Waals surface area contributed by atoms with Gasteiger partial charge in [-0.3, -0.25) is 4.79 Å². The molecule has 0 saturated carbocycles. The largest absolute Gasteiger partial charge is 0.493 e. The van der Waals surface area contributed by atoms with E-state index in [1.165, 1.54) is 5.56 Å². The van der Waals surface area contributed by atoms with E-state index in [2.05, 4.69) is 24.5 Å². The Morgan fingerprint density at radius 3 is 2.78 bits per heavy atom. The van der Waals surface area contributed by atoms with E-state index in [0.29, 0.717) is 19.1 Å². The molecule has 2 atom stereocenters. The first-order chi connectivity index (χ1) is 11.1. The van der Waals surface area contributed by atoms with Gasteiger partial charge in [0.05, 0.1) is 19.3 Å². The standard InChI is InChI=1S/C18H28N2O3/c1-13(2)12-23-16-6-4-15(5-7-16)8-9-20-18(21)17-14(3)22-11-10-19-17/h4-7,13-14,17,19H,8-12H2,1-3H3,(H,20,21)/t14-,17+/m1/s1. The highest BCUT2D eigenvalue weighted by atomic mass is 16.5. The third kappa shape index (κ3) is 5.84. The summed E-state index contributed by atoms with van der Waals surface area (Å²) in [6.07, 6.45) is 0.721. The average molecular weight is 320 g/mol. The molecule has 1 heterocycles. The van der Waals surface area contributed by atoms with Crippen molar-refractivity contribution in [3.05, 3.63) is 29.8 Å². The maximum Gasteiger partial charge on any atom is 0.239 e. The Labute approximate surface area is 138 Å². The van der Waals surface area contributed by atoms with Crippen LogP contribution in [0.25, 0.3) is 0 Å². The number of morpholine rings is 1. The predicted molar refractivity (Wildman–Crippen MR) is 90.7 cm³/mol. The molecular formula is C18H28N2O3. The van der Waals surface area contributed by atoms with Gasteiger partial charge < -0.3 is 20.1 Å². The van der Waals surface area contributed by atoms with Crippen molar-refractivity contribution in [3.8, 4) is 5.75 Å². The summed E-state index contributed by atoms with van der Waals surface area (Å²) in [6.45, 7) is 8.91. The van der Waals surface area contributed by atoms with Crippen molar-refractivity contribution < 1.29 is 14.3 Å². The number of nitrogens with one attached hydrogen (secondary N) is 2. The Balaban J connectivity index is 1.72. The molecule has 0 radical (unpaired) electrons. The zero-order chi connectivity index (χ0) is 16.7. The summed E-state index contributed by atoms with van der Waals surface area (Å²) in [5.74, 6) is 1.42. The van der Waals surface area contributed by atoms with E-state index in [9.17, 15) is 4.79 Å².